The van der Waals surface area contributed by atoms with Crippen molar-refractivity contribution in [2.75, 3.05) is 0 Å². The summed E-state index contributed by atoms with van der Waals surface area (Å²) in [6.07, 6.45) is 0. The summed E-state index contributed by atoms with van der Waals surface area (Å²) in [5, 5.41) is 0. The topological polar surface area (TPSA) is 105 Å². The second-order valence-electron chi connectivity index (χ2n) is 25.9. The molecule has 508 valence electrons. The maximum atomic E-state index is 13.7. The van der Waals surface area contributed by atoms with Crippen molar-refractivity contribution < 1.29 is 38.1 Å². The fourth-order valence-corrected chi connectivity index (χ4v) is 12.8. The fourth-order valence-electron chi connectivity index (χ4n) is 12.8. The van der Waals surface area contributed by atoms with E-state index in [2.05, 4.69) is 76.2 Å². The minimum atomic E-state index is -0.0879. The Bertz CT molecular complexity index is 4840. The third-order valence-corrected chi connectivity index (χ3v) is 19.4. The van der Waals surface area contributed by atoms with Gasteiger partial charge < -0.3 is 18.9 Å². The number of hydrogen-bond donors (Lipinski definition) is 0. The highest BCUT2D eigenvalue weighted by Crippen LogP contribution is 2.36. The summed E-state index contributed by atoms with van der Waals surface area (Å²) in [4.78, 5) is 54.9. The van der Waals surface area contributed by atoms with Crippen LogP contribution in [0.5, 0.6) is 46.0 Å². The van der Waals surface area contributed by atoms with Gasteiger partial charge in [-0.3, -0.25) is 19.2 Å². The second kappa shape index (κ2) is 30.3. The van der Waals surface area contributed by atoms with Gasteiger partial charge in [0, 0.05) is 44.5 Å². The maximum Gasteiger partial charge on any atom is 0.193 e. The summed E-state index contributed by atoms with van der Waals surface area (Å²) in [5.41, 5.74) is 21.1. The van der Waals surface area contributed by atoms with Crippen LogP contribution < -0.4 is 18.9 Å². The quantitative estimate of drug-likeness (QED) is 0.148. The third-order valence-electron chi connectivity index (χ3n) is 19.4. The smallest absolute Gasteiger partial charge is 0.193 e. The van der Waals surface area contributed by atoms with Crippen LogP contribution in [-0.4, -0.2) is 23.1 Å². The molecule has 8 nitrogen and oxygen atoms in total. The zero-order valence-electron chi connectivity index (χ0n) is 57.6. The molecule has 0 radical (unpaired) electrons. The van der Waals surface area contributed by atoms with E-state index >= 15 is 0 Å². The first-order valence-corrected chi connectivity index (χ1v) is 34.4. The van der Waals surface area contributed by atoms with E-state index < -0.39 is 0 Å². The number of ketones is 4. The first-order chi connectivity index (χ1) is 50.7. The average Bonchev–Trinajstić information content (AvgIpc) is 0.756. The summed E-state index contributed by atoms with van der Waals surface area (Å²) in [5.74, 6) is 4.82. The summed E-state index contributed by atoms with van der Waals surface area (Å²) in [6, 6.07) is 108. The molecule has 22 aliphatic heterocycles. The Kier molecular flexibility index (Phi) is 19.8. The highest BCUT2D eigenvalue weighted by Gasteiger charge is 2.18. The molecule has 0 aliphatic carbocycles. The van der Waals surface area contributed by atoms with Crippen molar-refractivity contribution in [2.45, 2.75) is 35.1 Å². The molecule has 0 amide bonds. The van der Waals surface area contributed by atoms with Crippen molar-refractivity contribution in [2.24, 2.45) is 0 Å². The van der Waals surface area contributed by atoms with E-state index in [4.69, 9.17) is 18.9 Å². The Morgan fingerprint density at radius 1 is 0.133 bits per heavy atom. The predicted molar refractivity (Wildman–Crippen MR) is 423 cm³/mol. The number of carbonyl (C=O) groups excluding carboxylic acids is 4. The van der Waals surface area contributed by atoms with Crippen molar-refractivity contribution in [3.8, 4) is 90.5 Å². The fraction of sp³-hybridized carbons (Fsp3) is 0.0515. The first kappa shape index (κ1) is 68.6. The summed E-state index contributed by atoms with van der Waals surface area (Å²) in [6.45, 7) is 8.25. The Labute approximate surface area is 612 Å². The zero-order chi connectivity index (χ0) is 71.2. The molecule has 0 atom stereocenters. The minimum absolute atomic E-state index is 0. The first-order valence-electron chi connectivity index (χ1n) is 34.4. The molecule has 36 rings (SSSR count). The Hall–Kier alpha value is -13.6. The van der Waals surface area contributed by atoms with Crippen molar-refractivity contribution in [3.63, 3.8) is 0 Å². The van der Waals surface area contributed by atoms with Gasteiger partial charge in [0.15, 0.2) is 23.1 Å². The molecule has 0 fully saturated rings. The molecule has 0 unspecified atom stereocenters. The molecule has 14 aromatic carbocycles. The van der Waals surface area contributed by atoms with E-state index in [1.54, 1.807) is 48.5 Å². The predicted octanol–water partition coefficient (Wildman–Crippen LogP) is 25.3. The molecule has 0 spiro atoms. The van der Waals surface area contributed by atoms with E-state index in [1.807, 2.05) is 243 Å². The van der Waals surface area contributed by atoms with Crippen LogP contribution in [0.2, 0.25) is 0 Å². The van der Waals surface area contributed by atoms with E-state index in [-0.39, 0.29) is 30.6 Å². The van der Waals surface area contributed by atoms with Gasteiger partial charge in [0.2, 0.25) is 0 Å². The largest absolute Gasteiger partial charge is 0.457 e. The number of hydrogen-bond acceptors (Lipinski definition) is 8. The van der Waals surface area contributed by atoms with E-state index in [9.17, 15) is 19.2 Å². The van der Waals surface area contributed by atoms with Gasteiger partial charge >= 0.3 is 0 Å². The van der Waals surface area contributed by atoms with Gasteiger partial charge in [0.1, 0.15) is 46.0 Å². The van der Waals surface area contributed by atoms with Crippen LogP contribution >= 0.6 is 0 Å². The normalized spacial score (nSPS) is 14.0. The minimum Gasteiger partial charge on any atom is -0.457 e. The molecular weight excluding hydrogens is 1290 g/mol. The monoisotopic (exact) mass is 1360 g/mol. The molecular formula is C97H72O8. The second-order valence-corrected chi connectivity index (χ2v) is 25.9. The molecule has 0 aromatic heterocycles. The van der Waals surface area contributed by atoms with Crippen molar-refractivity contribution in [1.29, 1.82) is 0 Å². The number of carbonyl (C=O) groups is 4. The van der Waals surface area contributed by atoms with Crippen LogP contribution in [0.25, 0.3) is 66.8 Å². The van der Waals surface area contributed by atoms with Crippen molar-refractivity contribution in [1.82, 2.24) is 0 Å². The van der Waals surface area contributed by atoms with Crippen LogP contribution in [0.15, 0.2) is 340 Å². The highest BCUT2D eigenvalue weighted by molar-refractivity contribution is 6.11. The molecule has 0 saturated carbocycles. The maximum absolute atomic E-state index is 13.7. The van der Waals surface area contributed by atoms with Gasteiger partial charge in [-0.2, -0.15) is 0 Å². The van der Waals surface area contributed by atoms with E-state index in [0.717, 1.165) is 89.1 Å². The van der Waals surface area contributed by atoms with Crippen LogP contribution in [0.1, 0.15) is 121 Å². The van der Waals surface area contributed by atoms with E-state index in [1.165, 1.54) is 0 Å². The molecule has 28 bridgehead atoms. The lowest BCUT2D eigenvalue weighted by Gasteiger charge is -2.11. The van der Waals surface area contributed by atoms with Crippen molar-refractivity contribution in [3.05, 3.63) is 406 Å². The standard InChI is InChI=1S/C96H68O8.CH4/c1-61-62(2)66-7-23-78(24-8-66)94(98)82-39-55-90(56-40-82)102-86-47-31-74(32-48-86)70-17-19-72(20-18-70)76-35-51-88(52-36-76)104-92-59-43-84(44-60-92)96(100)80-27-11-68(12-28-80)64(4)63(3)67-9-25-79(26-10-67)95(99)83-41-57-91(58-42-83)103-87-49-33-75(34-50-87)71-15-13-69(14-16-71)73-29-45-85(46-30-73)101-89-53-37-81(38-54-89)93(97)77-21-5-65(61)6-22-77;/h5-60H,1-4H3;1H4/b62-61-,64-63-;. The lowest BCUT2D eigenvalue weighted by atomic mass is 9.94. The van der Waals surface area contributed by atoms with Gasteiger partial charge in [0.25, 0.3) is 0 Å². The van der Waals surface area contributed by atoms with Crippen LogP contribution in [-0.2, 0) is 0 Å². The third kappa shape index (κ3) is 15.4. The number of benzene rings is 14. The molecule has 0 saturated heterocycles. The zero-order valence-corrected chi connectivity index (χ0v) is 57.6. The van der Waals surface area contributed by atoms with Gasteiger partial charge in [-0.1, -0.05) is 202 Å². The highest BCUT2D eigenvalue weighted by atomic mass is 16.5. The number of rotatable bonds is 0. The summed E-state index contributed by atoms with van der Waals surface area (Å²) >= 11 is 0. The van der Waals surface area contributed by atoms with E-state index in [0.29, 0.717) is 90.5 Å². The lowest BCUT2D eigenvalue weighted by Crippen LogP contribution is -2.02. The molecule has 105 heavy (non-hydrogen) atoms. The van der Waals surface area contributed by atoms with Gasteiger partial charge in [-0.05, 0) is 262 Å². The van der Waals surface area contributed by atoms with Crippen LogP contribution in [0.4, 0.5) is 0 Å². The van der Waals surface area contributed by atoms with Crippen LogP contribution in [0.3, 0.4) is 0 Å². The molecule has 14 aromatic rings. The van der Waals surface area contributed by atoms with Crippen molar-refractivity contribution >= 4 is 45.4 Å². The van der Waals surface area contributed by atoms with Gasteiger partial charge in [-0.15, -0.1) is 0 Å². The SMILES string of the molecule is C.C/C1=C(\C)c2ccc(cc2)C(=O)c2ccc(cc2)Oc2ccc(cc2)-c2ccc(cc2)-c2ccc(cc2)Oc2ccc(cc2)C(=O)c2ccc(cc2)/C(C)=C(/C)c2ccc(cc2)C(=O)c2ccc(cc2)Oc2ccc(cc2)-c2ccc(cc2)-c2ccc(cc2)Oc2ccc(cc2)C(=O)c2ccc1cc2. The van der Waals surface area contributed by atoms with Crippen LogP contribution in [0, 0.1) is 0 Å². The number of ether oxygens (including phenoxy) is 4. The number of allylic oxidation sites excluding steroid dienone is 4. The molecule has 22 aliphatic rings. The molecule has 22 heterocycles. The lowest BCUT2D eigenvalue weighted by molar-refractivity contribution is 0.103. The molecule has 0 N–H and O–H groups in total. The summed E-state index contributed by atoms with van der Waals surface area (Å²) in [7, 11) is 0. The average molecular weight is 1370 g/mol. The Balaban J connectivity index is 0.00000928. The van der Waals surface area contributed by atoms with Gasteiger partial charge in [-0.25, -0.2) is 0 Å². The Morgan fingerprint density at radius 3 is 0.343 bits per heavy atom. The Morgan fingerprint density at radius 2 is 0.219 bits per heavy atom. The molecule has 8 heteroatoms. The van der Waals surface area contributed by atoms with Gasteiger partial charge in [0.05, 0.1) is 0 Å². The summed E-state index contributed by atoms with van der Waals surface area (Å²) < 4.78 is 24.9.